The average Bonchev–Trinajstić information content (AvgIpc) is 3.21. The SMILES string of the molecule is CN=C(NCc1ccc(S(C)(=O)=O)c(C)c1)NCc1ccc(-n2ccnc2)c(F)c1.I. The van der Waals surface area contributed by atoms with E-state index in [0.29, 0.717) is 35.2 Å². The number of nitrogens with zero attached hydrogens (tertiary/aromatic N) is 3. The van der Waals surface area contributed by atoms with Gasteiger partial charge in [-0.1, -0.05) is 18.2 Å². The van der Waals surface area contributed by atoms with Crippen molar-refractivity contribution < 1.29 is 12.8 Å². The zero-order valence-corrected chi connectivity index (χ0v) is 20.6. The van der Waals surface area contributed by atoms with E-state index in [2.05, 4.69) is 20.6 Å². The van der Waals surface area contributed by atoms with Crippen molar-refractivity contribution in [3.05, 3.63) is 77.6 Å². The summed E-state index contributed by atoms with van der Waals surface area (Å²) in [6.45, 7) is 2.64. The molecule has 7 nitrogen and oxygen atoms in total. The molecule has 10 heteroatoms. The molecule has 3 rings (SSSR count). The minimum absolute atomic E-state index is 0. The second-order valence-corrected chi connectivity index (χ2v) is 8.89. The highest BCUT2D eigenvalue weighted by Crippen LogP contribution is 2.17. The van der Waals surface area contributed by atoms with E-state index in [1.165, 1.54) is 12.3 Å². The quantitative estimate of drug-likeness (QED) is 0.276. The Morgan fingerprint density at radius 1 is 1.13 bits per heavy atom. The van der Waals surface area contributed by atoms with Gasteiger partial charge in [-0.15, -0.1) is 24.0 Å². The molecule has 1 aromatic heterocycles. The predicted octanol–water partition coefficient (Wildman–Crippen LogP) is 3.21. The van der Waals surface area contributed by atoms with Crippen molar-refractivity contribution in [2.75, 3.05) is 13.3 Å². The summed E-state index contributed by atoms with van der Waals surface area (Å²) in [5.74, 6) is 0.218. The van der Waals surface area contributed by atoms with Crippen molar-refractivity contribution in [3.8, 4) is 5.69 Å². The van der Waals surface area contributed by atoms with Gasteiger partial charge in [0, 0.05) is 38.8 Å². The van der Waals surface area contributed by atoms with Crippen LogP contribution in [0.2, 0.25) is 0 Å². The molecule has 0 atom stereocenters. The van der Waals surface area contributed by atoms with Crippen LogP contribution in [-0.4, -0.2) is 37.2 Å². The van der Waals surface area contributed by atoms with Crippen molar-refractivity contribution in [3.63, 3.8) is 0 Å². The number of aromatic nitrogens is 2. The Kier molecular flexibility index (Phi) is 8.57. The molecular formula is C21H25FIN5O2S. The fourth-order valence-corrected chi connectivity index (χ4v) is 4.06. The van der Waals surface area contributed by atoms with E-state index in [-0.39, 0.29) is 29.8 Å². The number of rotatable bonds is 6. The fourth-order valence-electron chi connectivity index (χ4n) is 3.10. The zero-order chi connectivity index (χ0) is 21.7. The van der Waals surface area contributed by atoms with Gasteiger partial charge in [0.25, 0.3) is 0 Å². The Morgan fingerprint density at radius 2 is 1.77 bits per heavy atom. The molecule has 0 spiro atoms. The molecule has 2 aromatic carbocycles. The van der Waals surface area contributed by atoms with Gasteiger partial charge in [-0.05, 0) is 41.8 Å². The molecular weight excluding hydrogens is 532 g/mol. The van der Waals surface area contributed by atoms with Crippen LogP contribution in [0.1, 0.15) is 16.7 Å². The van der Waals surface area contributed by atoms with Gasteiger partial charge in [-0.2, -0.15) is 0 Å². The molecule has 0 saturated carbocycles. The lowest BCUT2D eigenvalue weighted by Gasteiger charge is -2.14. The summed E-state index contributed by atoms with van der Waals surface area (Å²) >= 11 is 0. The number of halogens is 2. The summed E-state index contributed by atoms with van der Waals surface area (Å²) in [7, 11) is -1.59. The maximum Gasteiger partial charge on any atom is 0.191 e. The third kappa shape index (κ3) is 6.50. The van der Waals surface area contributed by atoms with Crippen molar-refractivity contribution in [2.45, 2.75) is 24.9 Å². The lowest BCUT2D eigenvalue weighted by Crippen LogP contribution is -2.36. The molecule has 0 bridgehead atoms. The lowest BCUT2D eigenvalue weighted by atomic mass is 10.1. The van der Waals surface area contributed by atoms with Crippen molar-refractivity contribution in [1.82, 2.24) is 20.2 Å². The molecule has 166 valence electrons. The maximum atomic E-state index is 14.4. The molecule has 0 aliphatic carbocycles. The van der Waals surface area contributed by atoms with E-state index in [1.54, 1.807) is 55.5 Å². The Labute approximate surface area is 198 Å². The molecule has 0 unspecified atom stereocenters. The van der Waals surface area contributed by atoms with Gasteiger partial charge in [-0.25, -0.2) is 17.8 Å². The second-order valence-electron chi connectivity index (χ2n) is 6.91. The number of imidazole rings is 1. The number of guanidine groups is 1. The van der Waals surface area contributed by atoms with Crippen LogP contribution in [0.4, 0.5) is 4.39 Å². The Balaban J connectivity index is 0.00000341. The minimum atomic E-state index is -3.24. The first-order valence-corrected chi connectivity index (χ1v) is 11.2. The highest BCUT2D eigenvalue weighted by Gasteiger charge is 2.11. The number of aliphatic imine (C=N–C) groups is 1. The predicted molar refractivity (Wildman–Crippen MR) is 130 cm³/mol. The van der Waals surface area contributed by atoms with Crippen LogP contribution in [0.5, 0.6) is 0 Å². The zero-order valence-electron chi connectivity index (χ0n) is 17.5. The minimum Gasteiger partial charge on any atom is -0.352 e. The molecule has 0 fully saturated rings. The van der Waals surface area contributed by atoms with Crippen LogP contribution in [-0.2, 0) is 22.9 Å². The van der Waals surface area contributed by atoms with Crippen molar-refractivity contribution in [1.29, 1.82) is 0 Å². The van der Waals surface area contributed by atoms with Gasteiger partial charge < -0.3 is 15.2 Å². The normalized spacial score (nSPS) is 11.7. The summed E-state index contributed by atoms with van der Waals surface area (Å²) in [6, 6.07) is 10.2. The van der Waals surface area contributed by atoms with E-state index < -0.39 is 9.84 Å². The van der Waals surface area contributed by atoms with Crippen molar-refractivity contribution in [2.24, 2.45) is 4.99 Å². The number of nitrogens with one attached hydrogen (secondary N) is 2. The number of sulfone groups is 1. The van der Waals surface area contributed by atoms with Crippen LogP contribution in [0.25, 0.3) is 5.69 Å². The Hall–Kier alpha value is -2.47. The van der Waals surface area contributed by atoms with Crippen LogP contribution in [0, 0.1) is 12.7 Å². The summed E-state index contributed by atoms with van der Waals surface area (Å²) in [5.41, 5.74) is 2.84. The number of hydrogen-bond acceptors (Lipinski definition) is 4. The largest absolute Gasteiger partial charge is 0.352 e. The molecule has 2 N–H and O–H groups in total. The van der Waals surface area contributed by atoms with Crippen LogP contribution in [0.15, 0.2) is 65.0 Å². The molecule has 0 saturated heterocycles. The Morgan fingerprint density at radius 3 is 2.29 bits per heavy atom. The highest BCUT2D eigenvalue weighted by molar-refractivity contribution is 14.0. The molecule has 3 aromatic rings. The standard InChI is InChI=1S/C21H24FN5O2S.HI/c1-15-10-16(5-7-20(15)30(3,28)29)12-25-21(23-2)26-13-17-4-6-19(18(22)11-17)27-9-8-24-14-27;/h4-11,14H,12-13H2,1-3H3,(H2,23,25,26);1H. The molecule has 1 heterocycles. The first-order valence-electron chi connectivity index (χ1n) is 9.29. The summed E-state index contributed by atoms with van der Waals surface area (Å²) < 4.78 is 39.5. The monoisotopic (exact) mass is 557 g/mol. The third-order valence-corrected chi connectivity index (χ3v) is 5.83. The van der Waals surface area contributed by atoms with E-state index in [1.807, 2.05) is 12.1 Å². The lowest BCUT2D eigenvalue weighted by molar-refractivity contribution is 0.601. The van der Waals surface area contributed by atoms with Gasteiger partial charge in [0.05, 0.1) is 16.9 Å². The van der Waals surface area contributed by atoms with Gasteiger partial charge in [0.1, 0.15) is 5.82 Å². The van der Waals surface area contributed by atoms with Crippen molar-refractivity contribution >= 4 is 39.8 Å². The van der Waals surface area contributed by atoms with Crippen LogP contribution in [0.3, 0.4) is 0 Å². The molecule has 0 aliphatic rings. The number of hydrogen-bond donors (Lipinski definition) is 2. The first kappa shape index (κ1) is 24.8. The summed E-state index contributed by atoms with van der Waals surface area (Å²) in [5, 5.41) is 6.32. The summed E-state index contributed by atoms with van der Waals surface area (Å²) in [4.78, 5) is 8.43. The maximum absolute atomic E-state index is 14.4. The van der Waals surface area contributed by atoms with Crippen LogP contribution < -0.4 is 10.6 Å². The number of benzene rings is 2. The molecule has 0 aliphatic heterocycles. The molecule has 0 amide bonds. The fraction of sp³-hybridized carbons (Fsp3) is 0.238. The molecule has 31 heavy (non-hydrogen) atoms. The van der Waals surface area contributed by atoms with Gasteiger partial charge in [0.2, 0.25) is 0 Å². The van der Waals surface area contributed by atoms with Crippen LogP contribution >= 0.6 is 24.0 Å². The van der Waals surface area contributed by atoms with E-state index in [0.717, 1.165) is 11.1 Å². The second kappa shape index (κ2) is 10.7. The van der Waals surface area contributed by atoms with E-state index in [9.17, 15) is 12.8 Å². The van der Waals surface area contributed by atoms with E-state index in [4.69, 9.17) is 0 Å². The first-order chi connectivity index (χ1) is 14.3. The third-order valence-electron chi connectivity index (χ3n) is 4.58. The van der Waals surface area contributed by atoms with Gasteiger partial charge >= 0.3 is 0 Å². The topological polar surface area (TPSA) is 88.4 Å². The Bertz CT molecular complexity index is 1160. The average molecular weight is 557 g/mol. The highest BCUT2D eigenvalue weighted by atomic mass is 127. The van der Waals surface area contributed by atoms with Gasteiger partial charge in [-0.3, -0.25) is 4.99 Å². The molecule has 0 radical (unpaired) electrons. The summed E-state index contributed by atoms with van der Waals surface area (Å²) in [6.07, 6.45) is 6.03. The van der Waals surface area contributed by atoms with Gasteiger partial charge in [0.15, 0.2) is 15.8 Å². The number of aryl methyl sites for hydroxylation is 1. The van der Waals surface area contributed by atoms with E-state index >= 15 is 0 Å². The smallest absolute Gasteiger partial charge is 0.191 e.